The van der Waals surface area contributed by atoms with Crippen LogP contribution in [-0.2, 0) is 21.7 Å². The molecule has 4 rings (SSSR count). The van der Waals surface area contributed by atoms with E-state index < -0.39 is 8.80 Å². The van der Waals surface area contributed by atoms with Crippen LogP contribution in [0.1, 0.15) is 44.4 Å². The largest absolute Gasteiger partial charge is 0.378 e. The Balaban J connectivity index is 0. The molecule has 295 valence electrons. The number of nitrogens with zero attached hydrogens (tertiary/aromatic N) is 6. The molecule has 1 radical (unpaired) electrons. The summed E-state index contributed by atoms with van der Waals surface area (Å²) in [6, 6.07) is 14.2. The van der Waals surface area contributed by atoms with Crippen molar-refractivity contribution in [3.63, 3.8) is 0 Å². The van der Waals surface area contributed by atoms with Gasteiger partial charge in [-0.3, -0.25) is 6.08 Å². The molecule has 3 aromatic carbocycles. The third-order valence-corrected chi connectivity index (χ3v) is 12.6. The Morgan fingerprint density at radius 3 is 0.755 bits per heavy atom. The average Bonchev–Trinajstić information content (AvgIpc) is 3.22. The molecule has 53 heavy (non-hydrogen) atoms. The minimum atomic E-state index is -1.62. The number of rotatable bonds is 9. The fourth-order valence-electron chi connectivity index (χ4n) is 6.67. The van der Waals surface area contributed by atoms with Gasteiger partial charge in [0.15, 0.2) is 8.80 Å². The maximum absolute atomic E-state index is 3.36. The summed E-state index contributed by atoms with van der Waals surface area (Å²) < 4.78 is 0. The smallest absolute Gasteiger partial charge is 0.171 e. The van der Waals surface area contributed by atoms with Crippen molar-refractivity contribution < 1.29 is 21.7 Å². The number of allylic oxidation sites excluding steroid dienone is 4. The summed E-state index contributed by atoms with van der Waals surface area (Å²) in [6.07, 6.45) is 3.36. The molecule has 3 aromatic rings. The molecule has 1 aliphatic carbocycles. The van der Waals surface area contributed by atoms with Crippen molar-refractivity contribution in [3.05, 3.63) is 75.9 Å². The minimum Gasteiger partial charge on any atom is -0.378 e. The predicted molar refractivity (Wildman–Crippen MR) is 246 cm³/mol. The first-order valence-corrected chi connectivity index (χ1v) is 18.8. The molecule has 6 nitrogen and oxygen atoms in total. The monoisotopic (exact) mass is 836 g/mol. The van der Waals surface area contributed by atoms with E-state index in [0.717, 1.165) is 0 Å². The molecule has 0 bridgehead atoms. The fraction of sp³-hybridized carbons (Fsp3) is 0.476. The van der Waals surface area contributed by atoms with E-state index in [9.17, 15) is 0 Å². The van der Waals surface area contributed by atoms with Crippen LogP contribution in [0.5, 0.6) is 0 Å². The summed E-state index contributed by atoms with van der Waals surface area (Å²) in [5, 5.41) is 4.24. The van der Waals surface area contributed by atoms with Crippen LogP contribution in [0.3, 0.4) is 0 Å². The Bertz CT molecular complexity index is 1480. The van der Waals surface area contributed by atoms with E-state index in [1.54, 1.807) is 0 Å². The molecule has 0 aromatic heterocycles. The van der Waals surface area contributed by atoms with Crippen molar-refractivity contribution in [1.82, 2.24) is 0 Å². The van der Waals surface area contributed by atoms with E-state index in [1.807, 2.05) is 0 Å². The van der Waals surface area contributed by atoms with Crippen molar-refractivity contribution in [2.75, 3.05) is 114 Å². The summed E-state index contributed by atoms with van der Waals surface area (Å²) in [5.41, 5.74) is 15.7. The molecule has 0 aliphatic heterocycles. The van der Waals surface area contributed by atoms with Crippen molar-refractivity contribution >= 4 is 95.7 Å². The Kier molecular flexibility index (Phi) is 21.7. The number of hydrogen-bond acceptors (Lipinski definition) is 6. The van der Waals surface area contributed by atoms with Gasteiger partial charge in [-0.05, 0) is 89.4 Å². The standard InChI is InChI=1S/C33H51N6Si.C9H13.3ClH.Ti/c1-22-16-25(34(4)5)31(26(17-22)35(6)7)40(32-27(36(8)9)18-23(2)19-28(32)37(10)11)33-29(38(12)13)20-24(3)21-30(33)39(14)15;1-6-5-7(2)9(4)8(6)3;;;;/h16-21H,1-15H3;6H,1-4H3;3*1H;/q;-1;;;;. The summed E-state index contributed by atoms with van der Waals surface area (Å²) in [6.45, 7) is 15.3. The van der Waals surface area contributed by atoms with E-state index >= 15 is 0 Å². The first-order chi connectivity index (χ1) is 22.7. The van der Waals surface area contributed by atoms with Crippen LogP contribution >= 0.6 is 37.2 Å². The topological polar surface area (TPSA) is 19.4 Å². The summed E-state index contributed by atoms with van der Waals surface area (Å²) >= 11 is 0. The van der Waals surface area contributed by atoms with Crippen molar-refractivity contribution in [2.45, 2.75) is 48.5 Å². The Hall–Kier alpha value is -2.26. The zero-order valence-electron chi connectivity index (χ0n) is 35.9. The van der Waals surface area contributed by atoms with Gasteiger partial charge in [0.1, 0.15) is 0 Å². The SMILES string of the molecule is CC1=[C-]C(C)C(C)=C1C.Cc1cc(N(C)C)c([Si](c2c(N(C)C)cc(C)cc2N(C)C)c2c(N(C)C)cc(C)cc2N(C)C)c(N(C)C)c1.Cl.Cl.Cl.[Ti]. The van der Waals surface area contributed by atoms with Crippen LogP contribution in [0, 0.1) is 32.8 Å². The molecule has 1 atom stereocenters. The first-order valence-electron chi connectivity index (χ1n) is 17.3. The van der Waals surface area contributed by atoms with Gasteiger partial charge in [-0.2, -0.15) is 11.1 Å². The van der Waals surface area contributed by atoms with Crippen LogP contribution in [0.25, 0.3) is 0 Å². The summed E-state index contributed by atoms with van der Waals surface area (Å²) in [5.74, 6) is 0.560. The van der Waals surface area contributed by atoms with Crippen LogP contribution in [0.4, 0.5) is 34.1 Å². The van der Waals surface area contributed by atoms with Gasteiger partial charge in [0.2, 0.25) is 0 Å². The number of anilines is 6. The molecule has 0 spiro atoms. The van der Waals surface area contributed by atoms with Crippen molar-refractivity contribution in [1.29, 1.82) is 0 Å². The van der Waals surface area contributed by atoms with Gasteiger partial charge in [0, 0.05) is 140 Å². The predicted octanol–water partition coefficient (Wildman–Crippen LogP) is 7.51. The maximum Gasteiger partial charge on any atom is 0.171 e. The van der Waals surface area contributed by atoms with Crippen molar-refractivity contribution in [3.8, 4) is 0 Å². The van der Waals surface area contributed by atoms with Gasteiger partial charge in [0.05, 0.1) is 0 Å². The van der Waals surface area contributed by atoms with Crippen LogP contribution in [-0.4, -0.2) is 93.4 Å². The molecule has 0 N–H and O–H groups in total. The molecular formula is C42H67Cl3N6SiTi-. The zero-order valence-corrected chi connectivity index (χ0v) is 41.0. The van der Waals surface area contributed by atoms with Gasteiger partial charge in [0.25, 0.3) is 0 Å². The minimum absolute atomic E-state index is 0. The van der Waals surface area contributed by atoms with E-state index in [2.05, 4.69) is 205 Å². The molecule has 11 heteroatoms. The Labute approximate surface area is 359 Å². The molecule has 1 aliphatic rings. The summed E-state index contributed by atoms with van der Waals surface area (Å²) in [4.78, 5) is 13.8. The van der Waals surface area contributed by atoms with Crippen LogP contribution in [0.2, 0.25) is 0 Å². The van der Waals surface area contributed by atoms with Crippen LogP contribution < -0.4 is 45.0 Å². The normalized spacial score (nSPS) is 13.0. The molecule has 0 saturated heterocycles. The van der Waals surface area contributed by atoms with E-state index in [-0.39, 0.29) is 58.9 Å². The quantitative estimate of drug-likeness (QED) is 0.126. The summed E-state index contributed by atoms with van der Waals surface area (Å²) in [7, 11) is 24.6. The number of aryl methyl sites for hydroxylation is 3. The Morgan fingerprint density at radius 1 is 0.434 bits per heavy atom. The third kappa shape index (κ3) is 11.9. The van der Waals surface area contributed by atoms with Crippen LogP contribution in [0.15, 0.2) is 53.1 Å². The number of hydrogen-bond donors (Lipinski definition) is 0. The average molecular weight is 838 g/mol. The van der Waals surface area contributed by atoms with Gasteiger partial charge >= 0.3 is 0 Å². The van der Waals surface area contributed by atoms with Gasteiger partial charge < -0.3 is 29.4 Å². The second kappa shape index (κ2) is 21.7. The molecule has 1 unspecified atom stereocenters. The fourth-order valence-corrected chi connectivity index (χ4v) is 10.7. The first kappa shape index (κ1) is 52.8. The zero-order chi connectivity index (χ0) is 37.2. The van der Waals surface area contributed by atoms with Crippen molar-refractivity contribution in [2.24, 2.45) is 5.92 Å². The second-order valence-electron chi connectivity index (χ2n) is 15.1. The van der Waals surface area contributed by atoms with Gasteiger partial charge in [-0.1, -0.05) is 26.7 Å². The molecular weight excluding hydrogens is 771 g/mol. The van der Waals surface area contributed by atoms with E-state index in [4.69, 9.17) is 0 Å². The van der Waals surface area contributed by atoms with E-state index in [0.29, 0.717) is 5.92 Å². The second-order valence-corrected chi connectivity index (χ2v) is 17.3. The number of benzene rings is 3. The number of halogens is 3. The molecule has 0 fully saturated rings. The van der Waals surface area contributed by atoms with Gasteiger partial charge in [-0.15, -0.1) is 44.1 Å². The van der Waals surface area contributed by atoms with Gasteiger partial charge in [-0.25, -0.2) is 5.57 Å². The van der Waals surface area contributed by atoms with E-state index in [1.165, 1.54) is 83.1 Å². The molecule has 0 amide bonds. The maximum atomic E-state index is 3.36. The molecule has 0 saturated carbocycles. The third-order valence-electron chi connectivity index (χ3n) is 9.60. The Morgan fingerprint density at radius 2 is 0.642 bits per heavy atom. The molecule has 0 heterocycles.